The monoisotopic (exact) mass is 318 g/mol. The van der Waals surface area contributed by atoms with Gasteiger partial charge in [-0.15, -0.1) is 11.8 Å². The molecule has 0 aliphatic rings. The number of rotatable bonds is 5. The van der Waals surface area contributed by atoms with Gasteiger partial charge in [0, 0.05) is 10.6 Å². The number of para-hydroxylation sites is 1. The van der Waals surface area contributed by atoms with Gasteiger partial charge >= 0.3 is 0 Å². The molecule has 0 spiro atoms. The van der Waals surface area contributed by atoms with Crippen LogP contribution >= 0.6 is 11.8 Å². The van der Waals surface area contributed by atoms with Gasteiger partial charge in [0.05, 0.1) is 11.8 Å². The summed E-state index contributed by atoms with van der Waals surface area (Å²) < 4.78 is 26.6. The van der Waals surface area contributed by atoms with E-state index in [0.717, 1.165) is 30.0 Å². The molecule has 0 saturated heterocycles. The van der Waals surface area contributed by atoms with E-state index in [1.54, 1.807) is 30.3 Å². The van der Waals surface area contributed by atoms with Crippen LogP contribution in [0.4, 0.5) is 14.5 Å². The van der Waals surface area contributed by atoms with Crippen LogP contribution < -0.4 is 4.90 Å². The van der Waals surface area contributed by atoms with Crippen LogP contribution in [0.1, 0.15) is 0 Å². The molecule has 1 amide bonds. The molecule has 6 heteroatoms. The molecule has 0 heterocycles. The summed E-state index contributed by atoms with van der Waals surface area (Å²) in [4.78, 5) is 13.6. The van der Waals surface area contributed by atoms with Gasteiger partial charge in [-0.2, -0.15) is 5.26 Å². The predicted molar refractivity (Wildman–Crippen MR) is 81.5 cm³/mol. The second-order valence-electron chi connectivity index (χ2n) is 4.34. The molecule has 0 aliphatic carbocycles. The van der Waals surface area contributed by atoms with Crippen molar-refractivity contribution in [2.75, 3.05) is 17.2 Å². The van der Waals surface area contributed by atoms with Gasteiger partial charge in [-0.1, -0.05) is 18.2 Å². The number of amides is 1. The lowest BCUT2D eigenvalue weighted by Crippen LogP contribution is -2.32. The molecule has 0 aromatic heterocycles. The molecule has 112 valence electrons. The topological polar surface area (TPSA) is 44.1 Å². The third kappa shape index (κ3) is 4.06. The predicted octanol–water partition coefficient (Wildman–Crippen LogP) is 3.61. The van der Waals surface area contributed by atoms with Crippen molar-refractivity contribution in [3.8, 4) is 6.07 Å². The standard InChI is InChI=1S/C16H12F2N2OS/c17-12-6-7-14(18)15(10-12)22-11-16(21)20(9-8-19)13-4-2-1-3-5-13/h1-7,10H,9,11H2. The van der Waals surface area contributed by atoms with Crippen molar-refractivity contribution >= 4 is 23.4 Å². The van der Waals surface area contributed by atoms with Crippen molar-refractivity contribution in [2.24, 2.45) is 0 Å². The van der Waals surface area contributed by atoms with Crippen LogP contribution in [0.15, 0.2) is 53.4 Å². The zero-order chi connectivity index (χ0) is 15.9. The van der Waals surface area contributed by atoms with Crippen LogP contribution in [-0.2, 0) is 4.79 Å². The lowest BCUT2D eigenvalue weighted by molar-refractivity contribution is -0.116. The summed E-state index contributed by atoms with van der Waals surface area (Å²) in [5, 5.41) is 8.85. The molecule has 2 aromatic rings. The lowest BCUT2D eigenvalue weighted by atomic mass is 10.3. The SMILES string of the molecule is N#CCN(C(=O)CSc1cc(F)ccc1F)c1ccccc1. The normalized spacial score (nSPS) is 10.0. The Labute approximate surface area is 131 Å². The number of anilines is 1. The molecule has 0 N–H and O–H groups in total. The van der Waals surface area contributed by atoms with E-state index < -0.39 is 11.6 Å². The Morgan fingerprint density at radius 3 is 2.59 bits per heavy atom. The molecule has 22 heavy (non-hydrogen) atoms. The molecule has 0 unspecified atom stereocenters. The van der Waals surface area contributed by atoms with Crippen LogP contribution in [0.3, 0.4) is 0 Å². The van der Waals surface area contributed by atoms with Crippen LogP contribution in [0.5, 0.6) is 0 Å². The first-order valence-corrected chi connectivity index (χ1v) is 7.40. The number of carbonyl (C=O) groups excluding carboxylic acids is 1. The second-order valence-corrected chi connectivity index (χ2v) is 5.35. The number of benzene rings is 2. The van der Waals surface area contributed by atoms with E-state index in [2.05, 4.69) is 0 Å². The summed E-state index contributed by atoms with van der Waals surface area (Å²) in [7, 11) is 0. The van der Waals surface area contributed by atoms with Crippen molar-refractivity contribution in [2.45, 2.75) is 4.90 Å². The summed E-state index contributed by atoms with van der Waals surface area (Å²) in [5.74, 6) is -1.57. The van der Waals surface area contributed by atoms with E-state index in [9.17, 15) is 13.6 Å². The Kier molecular flexibility index (Phi) is 5.50. The number of thioether (sulfide) groups is 1. The van der Waals surface area contributed by atoms with Crippen LogP contribution in [0, 0.1) is 23.0 Å². The second kappa shape index (κ2) is 7.57. The first kappa shape index (κ1) is 16.0. The maximum atomic E-state index is 13.5. The lowest BCUT2D eigenvalue weighted by Gasteiger charge is -2.19. The number of halogens is 2. The zero-order valence-corrected chi connectivity index (χ0v) is 12.3. The van der Waals surface area contributed by atoms with Gasteiger partial charge in [-0.25, -0.2) is 8.78 Å². The Morgan fingerprint density at radius 1 is 1.18 bits per heavy atom. The number of nitrogens with zero attached hydrogens (tertiary/aromatic N) is 2. The fourth-order valence-corrected chi connectivity index (χ4v) is 2.64. The third-order valence-corrected chi connectivity index (χ3v) is 3.86. The van der Waals surface area contributed by atoms with Crippen molar-refractivity contribution < 1.29 is 13.6 Å². The molecule has 2 aromatic carbocycles. The minimum absolute atomic E-state index is 0.0679. The van der Waals surface area contributed by atoms with Gasteiger partial charge in [0.1, 0.15) is 18.2 Å². The van der Waals surface area contributed by atoms with E-state index in [-0.39, 0.29) is 23.1 Å². The van der Waals surface area contributed by atoms with Gasteiger partial charge in [0.25, 0.3) is 0 Å². The summed E-state index contributed by atoms with van der Waals surface area (Å²) in [5.41, 5.74) is 0.592. The van der Waals surface area contributed by atoms with Crippen molar-refractivity contribution in [3.05, 3.63) is 60.2 Å². The quantitative estimate of drug-likeness (QED) is 0.625. The molecule has 0 bridgehead atoms. The summed E-state index contributed by atoms with van der Waals surface area (Å²) in [6, 6.07) is 13.8. The Bertz CT molecular complexity index is 701. The van der Waals surface area contributed by atoms with E-state index in [1.165, 1.54) is 4.90 Å². The van der Waals surface area contributed by atoms with E-state index in [0.29, 0.717) is 5.69 Å². The fourth-order valence-electron chi connectivity index (χ4n) is 1.81. The number of nitriles is 1. The Morgan fingerprint density at radius 2 is 1.91 bits per heavy atom. The molecular formula is C16H12F2N2OS. The highest BCUT2D eigenvalue weighted by Gasteiger charge is 2.16. The molecule has 3 nitrogen and oxygen atoms in total. The molecule has 0 fully saturated rings. The maximum Gasteiger partial charge on any atom is 0.238 e. The highest BCUT2D eigenvalue weighted by Crippen LogP contribution is 2.24. The molecular weight excluding hydrogens is 306 g/mol. The smallest absolute Gasteiger partial charge is 0.238 e. The minimum Gasteiger partial charge on any atom is -0.298 e. The highest BCUT2D eigenvalue weighted by molar-refractivity contribution is 8.00. The first-order chi connectivity index (χ1) is 10.6. The van der Waals surface area contributed by atoms with Gasteiger partial charge in [0.2, 0.25) is 5.91 Å². The Hall–Kier alpha value is -2.39. The summed E-state index contributed by atoms with van der Waals surface area (Å²) >= 11 is 0.903. The van der Waals surface area contributed by atoms with E-state index in [1.807, 2.05) is 6.07 Å². The average Bonchev–Trinajstić information content (AvgIpc) is 2.54. The largest absolute Gasteiger partial charge is 0.298 e. The van der Waals surface area contributed by atoms with Crippen molar-refractivity contribution in [3.63, 3.8) is 0 Å². The van der Waals surface area contributed by atoms with E-state index >= 15 is 0 Å². The molecule has 0 radical (unpaired) electrons. The highest BCUT2D eigenvalue weighted by atomic mass is 32.2. The summed E-state index contributed by atoms with van der Waals surface area (Å²) in [6.45, 7) is -0.102. The molecule has 2 rings (SSSR count). The van der Waals surface area contributed by atoms with Gasteiger partial charge in [-0.05, 0) is 30.3 Å². The van der Waals surface area contributed by atoms with Crippen LogP contribution in [-0.4, -0.2) is 18.2 Å². The van der Waals surface area contributed by atoms with Crippen LogP contribution in [0.25, 0.3) is 0 Å². The van der Waals surface area contributed by atoms with Crippen molar-refractivity contribution in [1.82, 2.24) is 0 Å². The average molecular weight is 318 g/mol. The number of hydrogen-bond acceptors (Lipinski definition) is 3. The van der Waals surface area contributed by atoms with Gasteiger partial charge in [0.15, 0.2) is 0 Å². The molecule has 0 atom stereocenters. The van der Waals surface area contributed by atoms with Crippen LogP contribution in [0.2, 0.25) is 0 Å². The maximum absolute atomic E-state index is 13.5. The first-order valence-electron chi connectivity index (χ1n) is 6.42. The molecule has 0 saturated carbocycles. The number of hydrogen-bond donors (Lipinski definition) is 0. The zero-order valence-electron chi connectivity index (χ0n) is 11.5. The van der Waals surface area contributed by atoms with Gasteiger partial charge < -0.3 is 0 Å². The van der Waals surface area contributed by atoms with E-state index in [4.69, 9.17) is 5.26 Å². The summed E-state index contributed by atoms with van der Waals surface area (Å²) in [6.07, 6.45) is 0. The Balaban J connectivity index is 2.09. The fraction of sp³-hybridized carbons (Fsp3) is 0.125. The number of carbonyl (C=O) groups is 1. The third-order valence-electron chi connectivity index (χ3n) is 2.84. The van der Waals surface area contributed by atoms with Crippen molar-refractivity contribution in [1.29, 1.82) is 5.26 Å². The molecule has 0 aliphatic heterocycles. The minimum atomic E-state index is -0.578. The van der Waals surface area contributed by atoms with Gasteiger partial charge in [-0.3, -0.25) is 9.69 Å².